The molecule has 0 bridgehead atoms. The number of carboxylic acids is 1. The fourth-order valence-corrected chi connectivity index (χ4v) is 3.01. The van der Waals surface area contributed by atoms with Crippen molar-refractivity contribution < 1.29 is 24.2 Å². The fraction of sp³-hybridized carbons (Fsp3) is 0.300. The number of rotatable bonds is 6. The van der Waals surface area contributed by atoms with Gasteiger partial charge in [0.25, 0.3) is 0 Å². The lowest BCUT2D eigenvalue weighted by molar-refractivity contribution is -0.115. The van der Waals surface area contributed by atoms with E-state index in [-0.39, 0.29) is 24.0 Å². The average Bonchev–Trinajstić information content (AvgIpc) is 2.94. The molecule has 0 saturated carbocycles. The molecule has 0 spiro atoms. The second kappa shape index (κ2) is 7.47. The average molecular weight is 355 g/mol. The Bertz CT molecular complexity index is 846. The molecule has 1 unspecified atom stereocenters. The Morgan fingerprint density at radius 2 is 2.12 bits per heavy atom. The molecule has 0 saturated heterocycles. The van der Waals surface area contributed by atoms with E-state index >= 15 is 0 Å². The van der Waals surface area contributed by atoms with Crippen molar-refractivity contribution in [2.75, 3.05) is 11.9 Å². The van der Waals surface area contributed by atoms with Gasteiger partial charge in [0.05, 0.1) is 24.3 Å². The monoisotopic (exact) mass is 355 g/mol. The molecule has 2 aromatic rings. The van der Waals surface area contributed by atoms with Crippen LogP contribution in [0.4, 0.5) is 5.69 Å². The summed E-state index contributed by atoms with van der Waals surface area (Å²) in [5, 5.41) is 11.9. The third-order valence-electron chi connectivity index (χ3n) is 4.11. The molecule has 6 nitrogen and oxygen atoms in total. The van der Waals surface area contributed by atoms with Crippen LogP contribution in [-0.4, -0.2) is 29.7 Å². The van der Waals surface area contributed by atoms with Crippen LogP contribution in [0.15, 0.2) is 36.4 Å². The van der Waals surface area contributed by atoms with Crippen LogP contribution in [0.3, 0.4) is 0 Å². The lowest BCUT2D eigenvalue weighted by Crippen LogP contribution is -2.15. The van der Waals surface area contributed by atoms with Crippen LogP contribution >= 0.6 is 0 Å². The Labute approximate surface area is 151 Å². The van der Waals surface area contributed by atoms with Gasteiger partial charge in [-0.05, 0) is 37.6 Å². The van der Waals surface area contributed by atoms with E-state index in [0.717, 1.165) is 17.7 Å². The van der Waals surface area contributed by atoms with E-state index in [1.54, 1.807) is 18.2 Å². The number of nitrogens with one attached hydrogen (secondary N) is 1. The highest BCUT2D eigenvalue weighted by Crippen LogP contribution is 2.38. The van der Waals surface area contributed by atoms with Gasteiger partial charge in [-0.3, -0.25) is 4.79 Å². The van der Waals surface area contributed by atoms with Crippen molar-refractivity contribution in [3.05, 3.63) is 53.1 Å². The molecule has 0 aromatic heterocycles. The zero-order chi connectivity index (χ0) is 18.7. The van der Waals surface area contributed by atoms with Crippen LogP contribution in [0, 0.1) is 0 Å². The minimum Gasteiger partial charge on any atom is -0.492 e. The SMILES string of the molecule is CCOc1cc2c(cc1NC(=O)Cc1cccc(C(=O)O)c1)OC(C)C2. The molecule has 3 rings (SSSR count). The first-order valence-electron chi connectivity index (χ1n) is 8.54. The normalized spacial score (nSPS) is 15.1. The topological polar surface area (TPSA) is 84.9 Å². The summed E-state index contributed by atoms with van der Waals surface area (Å²) >= 11 is 0. The van der Waals surface area contributed by atoms with E-state index in [0.29, 0.717) is 23.6 Å². The molecule has 0 radical (unpaired) electrons. The molecular formula is C20H21NO5. The zero-order valence-electron chi connectivity index (χ0n) is 14.7. The van der Waals surface area contributed by atoms with Crippen molar-refractivity contribution in [1.29, 1.82) is 0 Å². The van der Waals surface area contributed by atoms with Crippen LogP contribution in [0.1, 0.15) is 35.3 Å². The number of aromatic carboxylic acids is 1. The van der Waals surface area contributed by atoms with Gasteiger partial charge >= 0.3 is 5.97 Å². The third kappa shape index (κ3) is 3.96. The van der Waals surface area contributed by atoms with Crippen LogP contribution in [-0.2, 0) is 17.6 Å². The van der Waals surface area contributed by atoms with Crippen molar-refractivity contribution in [2.45, 2.75) is 32.8 Å². The number of hydrogen-bond acceptors (Lipinski definition) is 4. The van der Waals surface area contributed by atoms with Crippen molar-refractivity contribution in [3.63, 3.8) is 0 Å². The maximum Gasteiger partial charge on any atom is 0.335 e. The van der Waals surface area contributed by atoms with Gasteiger partial charge in [0.2, 0.25) is 5.91 Å². The molecule has 6 heteroatoms. The number of benzene rings is 2. The van der Waals surface area contributed by atoms with Crippen LogP contribution in [0.25, 0.3) is 0 Å². The van der Waals surface area contributed by atoms with Gasteiger partial charge in [0.15, 0.2) is 0 Å². The largest absolute Gasteiger partial charge is 0.492 e. The minimum atomic E-state index is -1.02. The Balaban J connectivity index is 1.77. The molecule has 1 heterocycles. The lowest BCUT2D eigenvalue weighted by Gasteiger charge is -2.13. The molecule has 1 aliphatic rings. The van der Waals surface area contributed by atoms with E-state index in [1.165, 1.54) is 12.1 Å². The predicted octanol–water partition coefficient (Wildman–Crippen LogP) is 3.29. The summed E-state index contributed by atoms with van der Waals surface area (Å²) in [4.78, 5) is 23.5. The number of anilines is 1. The van der Waals surface area contributed by atoms with Crippen LogP contribution in [0.2, 0.25) is 0 Å². The Hall–Kier alpha value is -3.02. The Morgan fingerprint density at radius 1 is 1.31 bits per heavy atom. The minimum absolute atomic E-state index is 0.0705. The summed E-state index contributed by atoms with van der Waals surface area (Å²) in [6.45, 7) is 4.36. The molecule has 0 aliphatic carbocycles. The molecule has 26 heavy (non-hydrogen) atoms. The van der Waals surface area contributed by atoms with Gasteiger partial charge in [0, 0.05) is 18.1 Å². The molecular weight excluding hydrogens is 334 g/mol. The Kier molecular flexibility index (Phi) is 5.11. The first-order chi connectivity index (χ1) is 12.5. The number of hydrogen-bond donors (Lipinski definition) is 2. The zero-order valence-corrected chi connectivity index (χ0v) is 14.7. The van der Waals surface area contributed by atoms with E-state index in [2.05, 4.69) is 5.32 Å². The molecule has 1 amide bonds. The first-order valence-corrected chi connectivity index (χ1v) is 8.54. The highest BCUT2D eigenvalue weighted by Gasteiger charge is 2.22. The highest BCUT2D eigenvalue weighted by molar-refractivity contribution is 5.94. The molecule has 1 atom stereocenters. The van der Waals surface area contributed by atoms with Crippen molar-refractivity contribution in [2.24, 2.45) is 0 Å². The van der Waals surface area contributed by atoms with Gasteiger partial charge < -0.3 is 19.9 Å². The number of ether oxygens (including phenoxy) is 2. The van der Waals surface area contributed by atoms with Crippen LogP contribution in [0.5, 0.6) is 11.5 Å². The predicted molar refractivity (Wildman–Crippen MR) is 97.1 cm³/mol. The van der Waals surface area contributed by atoms with Crippen molar-refractivity contribution in [1.82, 2.24) is 0 Å². The Morgan fingerprint density at radius 3 is 2.85 bits per heavy atom. The lowest BCUT2D eigenvalue weighted by atomic mass is 10.1. The summed E-state index contributed by atoms with van der Waals surface area (Å²) in [7, 11) is 0. The second-order valence-corrected chi connectivity index (χ2v) is 6.25. The molecule has 1 aliphatic heterocycles. The van der Waals surface area contributed by atoms with Gasteiger partial charge in [-0.25, -0.2) is 4.79 Å². The summed E-state index contributed by atoms with van der Waals surface area (Å²) in [5.74, 6) is 0.0935. The van der Waals surface area contributed by atoms with Crippen molar-refractivity contribution in [3.8, 4) is 11.5 Å². The van der Waals surface area contributed by atoms with Gasteiger partial charge in [-0.2, -0.15) is 0 Å². The molecule has 136 valence electrons. The number of carbonyl (C=O) groups excluding carboxylic acids is 1. The van der Waals surface area contributed by atoms with E-state index in [4.69, 9.17) is 14.6 Å². The number of amides is 1. The van der Waals surface area contributed by atoms with Gasteiger partial charge in [-0.15, -0.1) is 0 Å². The second-order valence-electron chi connectivity index (χ2n) is 6.25. The highest BCUT2D eigenvalue weighted by atomic mass is 16.5. The standard InChI is InChI=1S/C20H21NO5/c1-3-25-18-10-15-7-12(2)26-17(15)11-16(18)21-19(22)9-13-5-4-6-14(8-13)20(23)24/h4-6,8,10-12H,3,7,9H2,1-2H3,(H,21,22)(H,23,24). The van der Waals surface area contributed by atoms with Crippen molar-refractivity contribution >= 4 is 17.6 Å². The van der Waals surface area contributed by atoms with E-state index in [1.807, 2.05) is 19.9 Å². The molecule has 2 N–H and O–H groups in total. The van der Waals surface area contributed by atoms with Gasteiger partial charge in [0.1, 0.15) is 17.6 Å². The van der Waals surface area contributed by atoms with Gasteiger partial charge in [-0.1, -0.05) is 12.1 Å². The maximum absolute atomic E-state index is 12.4. The first kappa shape index (κ1) is 17.8. The molecule has 2 aromatic carbocycles. The molecule has 0 fully saturated rings. The summed E-state index contributed by atoms with van der Waals surface area (Å²) in [6.07, 6.45) is 0.983. The fourth-order valence-electron chi connectivity index (χ4n) is 3.01. The van der Waals surface area contributed by atoms with Crippen LogP contribution < -0.4 is 14.8 Å². The van der Waals surface area contributed by atoms with E-state index < -0.39 is 5.97 Å². The van der Waals surface area contributed by atoms with E-state index in [9.17, 15) is 9.59 Å². The number of carbonyl (C=O) groups is 2. The smallest absolute Gasteiger partial charge is 0.335 e. The summed E-state index contributed by atoms with van der Waals surface area (Å²) in [6, 6.07) is 10.0. The summed E-state index contributed by atoms with van der Waals surface area (Å²) < 4.78 is 11.4. The third-order valence-corrected chi connectivity index (χ3v) is 4.11. The number of fused-ring (bicyclic) bond motifs is 1. The summed E-state index contributed by atoms with van der Waals surface area (Å²) in [5.41, 5.74) is 2.41. The number of carboxylic acid groups (broad SMARTS) is 1. The quantitative estimate of drug-likeness (QED) is 0.831. The maximum atomic E-state index is 12.4.